The van der Waals surface area contributed by atoms with Crippen LogP contribution in [-0.4, -0.2) is 38.1 Å². The molecule has 1 amide bonds. The van der Waals surface area contributed by atoms with Crippen LogP contribution in [0.1, 0.15) is 30.6 Å². The van der Waals surface area contributed by atoms with E-state index in [1.807, 2.05) is 49.1 Å². The lowest BCUT2D eigenvalue weighted by Crippen LogP contribution is -2.34. The molecule has 1 aromatic carbocycles. The molecule has 1 fully saturated rings. The molecule has 2 unspecified atom stereocenters. The Balaban J connectivity index is 1.45. The van der Waals surface area contributed by atoms with Crippen LogP contribution >= 0.6 is 0 Å². The third-order valence-electron chi connectivity index (χ3n) is 5.08. The molecule has 1 saturated heterocycles. The van der Waals surface area contributed by atoms with E-state index in [1.54, 1.807) is 15.8 Å². The zero-order valence-electron chi connectivity index (χ0n) is 15.8. The van der Waals surface area contributed by atoms with E-state index >= 15 is 0 Å². The Morgan fingerprint density at radius 2 is 2.04 bits per heavy atom. The Kier molecular flexibility index (Phi) is 4.43. The van der Waals surface area contributed by atoms with Gasteiger partial charge in [-0.25, -0.2) is 0 Å². The van der Waals surface area contributed by atoms with Gasteiger partial charge in [0.1, 0.15) is 11.9 Å². The number of anilines is 2. The van der Waals surface area contributed by atoms with E-state index in [0.717, 1.165) is 23.6 Å². The number of aromatic nitrogens is 4. The highest BCUT2D eigenvalue weighted by Gasteiger charge is 2.34. The Hall–Kier alpha value is -3.09. The highest BCUT2D eigenvalue weighted by atomic mass is 16.2. The molecule has 1 N–H and O–H groups in total. The van der Waals surface area contributed by atoms with E-state index in [0.29, 0.717) is 6.54 Å². The number of benzene rings is 1. The Morgan fingerprint density at radius 1 is 1.26 bits per heavy atom. The average molecular weight is 364 g/mol. The summed E-state index contributed by atoms with van der Waals surface area (Å²) in [6.45, 7) is 4.73. The fraction of sp³-hybridized carbons (Fsp3) is 0.350. The van der Waals surface area contributed by atoms with Crippen molar-refractivity contribution in [2.45, 2.75) is 32.4 Å². The molecule has 3 heterocycles. The summed E-state index contributed by atoms with van der Waals surface area (Å²) in [5.74, 6) is 0.914. The molecule has 27 heavy (non-hydrogen) atoms. The second kappa shape index (κ2) is 6.90. The summed E-state index contributed by atoms with van der Waals surface area (Å²) in [6, 6.07) is 12.1. The SMILES string of the molecule is Cc1cc(N2CCC(Nc3cnn(C(C)c4ccccc4)c3)C2=O)n(C)n1. The predicted octanol–water partition coefficient (Wildman–Crippen LogP) is 2.75. The smallest absolute Gasteiger partial charge is 0.250 e. The third-order valence-corrected chi connectivity index (χ3v) is 5.08. The van der Waals surface area contributed by atoms with Crippen LogP contribution in [0.2, 0.25) is 0 Å². The largest absolute Gasteiger partial charge is 0.371 e. The number of nitrogens with one attached hydrogen (secondary N) is 1. The number of amides is 1. The van der Waals surface area contributed by atoms with Gasteiger partial charge in [0.05, 0.1) is 23.6 Å². The topological polar surface area (TPSA) is 68.0 Å². The normalized spacial score (nSPS) is 18.1. The van der Waals surface area contributed by atoms with Crippen molar-refractivity contribution in [1.82, 2.24) is 19.6 Å². The molecule has 2 atom stereocenters. The van der Waals surface area contributed by atoms with Crippen LogP contribution in [0.25, 0.3) is 0 Å². The second-order valence-electron chi connectivity index (χ2n) is 7.04. The minimum absolute atomic E-state index is 0.0712. The molecule has 0 spiro atoms. The first kappa shape index (κ1) is 17.3. The van der Waals surface area contributed by atoms with Crippen LogP contribution < -0.4 is 10.2 Å². The maximum Gasteiger partial charge on any atom is 0.250 e. The molecule has 1 aliphatic heterocycles. The fourth-order valence-electron chi connectivity index (χ4n) is 3.60. The number of carbonyl (C=O) groups excluding carboxylic acids is 1. The van der Waals surface area contributed by atoms with Crippen LogP contribution in [0.5, 0.6) is 0 Å². The van der Waals surface area contributed by atoms with Crippen LogP contribution in [-0.2, 0) is 11.8 Å². The van der Waals surface area contributed by atoms with Crippen molar-refractivity contribution in [3.8, 4) is 0 Å². The summed E-state index contributed by atoms with van der Waals surface area (Å²) in [5.41, 5.74) is 2.97. The Bertz CT molecular complexity index is 945. The molecule has 0 aliphatic carbocycles. The molecule has 7 nitrogen and oxygen atoms in total. The summed E-state index contributed by atoms with van der Waals surface area (Å²) >= 11 is 0. The van der Waals surface area contributed by atoms with Gasteiger partial charge in [-0.3, -0.25) is 19.1 Å². The minimum atomic E-state index is -0.245. The molecule has 7 heteroatoms. The lowest BCUT2D eigenvalue weighted by Gasteiger charge is -2.17. The average Bonchev–Trinajstić information content (AvgIpc) is 3.36. The van der Waals surface area contributed by atoms with Crippen LogP contribution in [0, 0.1) is 6.92 Å². The minimum Gasteiger partial charge on any atom is -0.371 e. The lowest BCUT2D eigenvalue weighted by atomic mass is 10.1. The van der Waals surface area contributed by atoms with Crippen molar-refractivity contribution in [2.75, 3.05) is 16.8 Å². The Labute approximate surface area is 158 Å². The quantitative estimate of drug-likeness (QED) is 0.756. The summed E-state index contributed by atoms with van der Waals surface area (Å²) in [6.07, 6.45) is 4.49. The molecule has 2 aromatic heterocycles. The molecule has 1 aliphatic rings. The Morgan fingerprint density at radius 3 is 2.74 bits per heavy atom. The highest BCUT2D eigenvalue weighted by Crippen LogP contribution is 2.25. The first-order valence-electron chi connectivity index (χ1n) is 9.20. The summed E-state index contributed by atoms with van der Waals surface area (Å²) in [5, 5.41) is 12.1. The number of hydrogen-bond donors (Lipinski definition) is 1. The van der Waals surface area contributed by atoms with Gasteiger partial charge in [0.25, 0.3) is 5.91 Å². The van der Waals surface area contributed by atoms with Gasteiger partial charge >= 0.3 is 0 Å². The van der Waals surface area contributed by atoms with E-state index in [4.69, 9.17) is 0 Å². The third kappa shape index (κ3) is 3.32. The predicted molar refractivity (Wildman–Crippen MR) is 105 cm³/mol. The van der Waals surface area contributed by atoms with E-state index in [-0.39, 0.29) is 18.0 Å². The highest BCUT2D eigenvalue weighted by molar-refractivity contribution is 6.00. The molecule has 0 radical (unpaired) electrons. The van der Waals surface area contributed by atoms with Gasteiger partial charge < -0.3 is 5.32 Å². The van der Waals surface area contributed by atoms with Gasteiger partial charge in [-0.2, -0.15) is 10.2 Å². The van der Waals surface area contributed by atoms with Crippen LogP contribution in [0.4, 0.5) is 11.5 Å². The maximum atomic E-state index is 12.8. The molecule has 140 valence electrons. The summed E-state index contributed by atoms with van der Waals surface area (Å²) in [4.78, 5) is 14.6. The number of carbonyl (C=O) groups is 1. The van der Waals surface area contributed by atoms with E-state index in [1.165, 1.54) is 5.56 Å². The van der Waals surface area contributed by atoms with Gasteiger partial charge in [0.2, 0.25) is 0 Å². The number of rotatable bonds is 5. The number of nitrogens with zero attached hydrogens (tertiary/aromatic N) is 5. The van der Waals surface area contributed by atoms with Crippen molar-refractivity contribution in [1.29, 1.82) is 0 Å². The summed E-state index contributed by atoms with van der Waals surface area (Å²) in [7, 11) is 1.87. The molecule has 0 saturated carbocycles. The zero-order chi connectivity index (χ0) is 19.0. The van der Waals surface area contributed by atoms with Crippen molar-refractivity contribution < 1.29 is 4.79 Å². The van der Waals surface area contributed by atoms with Gasteiger partial charge in [-0.05, 0) is 25.8 Å². The van der Waals surface area contributed by atoms with Crippen molar-refractivity contribution in [3.63, 3.8) is 0 Å². The standard InChI is InChI=1S/C20H24N6O/c1-14-11-19(24(3)23-14)25-10-9-18(20(25)27)22-17-12-21-26(13-17)15(2)16-7-5-4-6-8-16/h4-8,11-13,15,18,22H,9-10H2,1-3H3. The molecule has 3 aromatic rings. The zero-order valence-corrected chi connectivity index (χ0v) is 15.8. The van der Waals surface area contributed by atoms with E-state index in [2.05, 4.69) is 34.6 Å². The molecule has 4 rings (SSSR count). The lowest BCUT2D eigenvalue weighted by molar-refractivity contribution is -0.117. The van der Waals surface area contributed by atoms with Gasteiger partial charge in [0, 0.05) is 25.9 Å². The van der Waals surface area contributed by atoms with Crippen molar-refractivity contribution >= 4 is 17.4 Å². The van der Waals surface area contributed by atoms with Crippen molar-refractivity contribution in [2.24, 2.45) is 7.05 Å². The number of aryl methyl sites for hydroxylation is 2. The van der Waals surface area contributed by atoms with E-state index < -0.39 is 0 Å². The van der Waals surface area contributed by atoms with Gasteiger partial charge in [-0.15, -0.1) is 0 Å². The monoisotopic (exact) mass is 364 g/mol. The van der Waals surface area contributed by atoms with Gasteiger partial charge in [-0.1, -0.05) is 30.3 Å². The van der Waals surface area contributed by atoms with Crippen LogP contribution in [0.3, 0.4) is 0 Å². The molecular weight excluding hydrogens is 340 g/mol. The maximum absolute atomic E-state index is 12.8. The first-order chi connectivity index (χ1) is 13.0. The molecular formula is C20H24N6O. The second-order valence-corrected chi connectivity index (χ2v) is 7.04. The van der Waals surface area contributed by atoms with Crippen LogP contribution in [0.15, 0.2) is 48.8 Å². The van der Waals surface area contributed by atoms with Crippen molar-refractivity contribution in [3.05, 3.63) is 60.0 Å². The summed E-state index contributed by atoms with van der Waals surface area (Å²) < 4.78 is 3.68. The number of hydrogen-bond acceptors (Lipinski definition) is 4. The fourth-order valence-corrected chi connectivity index (χ4v) is 3.60. The molecule has 0 bridgehead atoms. The van der Waals surface area contributed by atoms with Gasteiger partial charge in [0.15, 0.2) is 0 Å². The first-order valence-corrected chi connectivity index (χ1v) is 9.20. The van der Waals surface area contributed by atoms with E-state index in [9.17, 15) is 4.79 Å².